The van der Waals surface area contributed by atoms with Crippen LogP contribution in [0.25, 0.3) is 10.4 Å². The number of benzene rings is 3. The topological polar surface area (TPSA) is 85.2 Å². The Bertz CT molecular complexity index is 1370. The molecule has 0 bridgehead atoms. The molecule has 2 N–H and O–H groups in total. The van der Waals surface area contributed by atoms with Gasteiger partial charge in [0.1, 0.15) is 34.3 Å². The summed E-state index contributed by atoms with van der Waals surface area (Å²) in [6, 6.07) is 19.8. The van der Waals surface area contributed by atoms with Crippen LogP contribution >= 0.6 is 11.3 Å². The number of aromatic carboxylic acids is 1. The molecule has 200 valence electrons. The summed E-state index contributed by atoms with van der Waals surface area (Å²) in [5.41, 5.74) is 2.88. The molecule has 0 aliphatic heterocycles. The zero-order valence-corrected chi connectivity index (χ0v) is 22.4. The molecule has 0 fully saturated rings. The van der Waals surface area contributed by atoms with Crippen molar-refractivity contribution in [2.24, 2.45) is 0 Å². The summed E-state index contributed by atoms with van der Waals surface area (Å²) in [4.78, 5) is 12.6. The summed E-state index contributed by atoms with van der Waals surface area (Å²) in [7, 11) is 0. The fourth-order valence-corrected chi connectivity index (χ4v) is 4.95. The molecule has 0 unspecified atom stereocenters. The van der Waals surface area contributed by atoms with Gasteiger partial charge in [0.05, 0.1) is 13.2 Å². The zero-order valence-electron chi connectivity index (χ0n) is 21.6. The van der Waals surface area contributed by atoms with Gasteiger partial charge in [-0.3, -0.25) is 0 Å². The van der Waals surface area contributed by atoms with Crippen LogP contribution in [0.2, 0.25) is 0 Å². The minimum atomic E-state index is -1.04. The monoisotopic (exact) mass is 556 g/mol. The number of thiophene rings is 1. The summed E-state index contributed by atoms with van der Waals surface area (Å²) >= 11 is 1.59. The van der Waals surface area contributed by atoms with E-state index in [0.29, 0.717) is 42.6 Å². The Morgan fingerprint density at radius 1 is 0.872 bits per heavy atom. The molecule has 0 aliphatic carbocycles. The molecule has 0 saturated carbocycles. The Labute approximate surface area is 255 Å². The van der Waals surface area contributed by atoms with Crippen molar-refractivity contribution in [1.29, 1.82) is 0 Å². The molecule has 6 nitrogen and oxygen atoms in total. The van der Waals surface area contributed by atoms with Crippen molar-refractivity contribution in [2.75, 3.05) is 13.2 Å². The van der Waals surface area contributed by atoms with E-state index in [2.05, 4.69) is 13.8 Å². The van der Waals surface area contributed by atoms with E-state index < -0.39 is 5.97 Å². The van der Waals surface area contributed by atoms with Gasteiger partial charge in [-0.2, -0.15) is 0 Å². The third-order valence-corrected chi connectivity index (χ3v) is 6.98. The van der Waals surface area contributed by atoms with Crippen molar-refractivity contribution < 1.29 is 29.2 Å². The summed E-state index contributed by atoms with van der Waals surface area (Å²) in [5.74, 6) is 1.45. The molecular formula is C31H33NaO6S. The van der Waals surface area contributed by atoms with Crippen LogP contribution in [0.5, 0.6) is 28.7 Å². The third-order valence-electron chi connectivity index (χ3n) is 6.08. The average molecular weight is 557 g/mol. The Kier molecular flexibility index (Phi) is 11.7. The molecule has 39 heavy (non-hydrogen) atoms. The summed E-state index contributed by atoms with van der Waals surface area (Å²) < 4.78 is 18.2. The van der Waals surface area contributed by atoms with Crippen LogP contribution in [0.4, 0.5) is 0 Å². The molecule has 4 rings (SSSR count). The standard InChI is InChI=1S/C31H32O6S.Na.H/c1-3-10-22-26(13-7-14-27(22)37-28-12-6-5-11-23(28)31(33)34)35-16-9-17-36-29-20-25(32)24(19-21(29)4-2)30-15-8-18-38-30;;/h5-8,11-15,18-20,32H,3-4,9-10,16-17H2,1-2H3,(H,33,34);;. The number of hydrogen-bond acceptors (Lipinski definition) is 6. The van der Waals surface area contributed by atoms with Crippen LogP contribution in [-0.4, -0.2) is 59.0 Å². The molecule has 0 spiro atoms. The number of carbonyl (C=O) groups is 1. The maximum atomic E-state index is 11.6. The van der Waals surface area contributed by atoms with Crippen LogP contribution in [0, 0.1) is 0 Å². The molecule has 4 aromatic rings. The molecule has 0 amide bonds. The second-order valence-electron chi connectivity index (χ2n) is 8.74. The summed E-state index contributed by atoms with van der Waals surface area (Å²) in [6.07, 6.45) is 3.05. The van der Waals surface area contributed by atoms with Crippen LogP contribution in [-0.2, 0) is 12.8 Å². The molecule has 0 radical (unpaired) electrons. The van der Waals surface area contributed by atoms with E-state index >= 15 is 0 Å². The summed E-state index contributed by atoms with van der Waals surface area (Å²) in [5, 5.41) is 22.0. The van der Waals surface area contributed by atoms with Crippen molar-refractivity contribution in [3.05, 3.63) is 88.8 Å². The summed E-state index contributed by atoms with van der Waals surface area (Å²) in [6.45, 7) is 5.02. The molecule has 8 heteroatoms. The van der Waals surface area contributed by atoms with Gasteiger partial charge >= 0.3 is 35.5 Å². The number of aryl methyl sites for hydroxylation is 1. The van der Waals surface area contributed by atoms with E-state index in [1.807, 2.05) is 41.8 Å². The van der Waals surface area contributed by atoms with Gasteiger partial charge < -0.3 is 24.4 Å². The van der Waals surface area contributed by atoms with Crippen molar-refractivity contribution >= 4 is 46.9 Å². The number of phenolic OH excluding ortho intramolecular Hbond substituents is 1. The minimum absolute atomic E-state index is 0. The van der Waals surface area contributed by atoms with E-state index in [-0.39, 0.29) is 40.9 Å². The second kappa shape index (κ2) is 15.0. The Balaban J connectivity index is 0.00000420. The molecular weight excluding hydrogens is 523 g/mol. The molecule has 1 heterocycles. The van der Waals surface area contributed by atoms with Gasteiger partial charge in [0.15, 0.2) is 0 Å². The van der Waals surface area contributed by atoms with Gasteiger partial charge in [0, 0.05) is 28.5 Å². The van der Waals surface area contributed by atoms with Gasteiger partial charge in [0.25, 0.3) is 0 Å². The molecule has 0 aliphatic rings. The van der Waals surface area contributed by atoms with Crippen LogP contribution < -0.4 is 14.2 Å². The number of ether oxygens (including phenoxy) is 3. The van der Waals surface area contributed by atoms with Gasteiger partial charge in [0.2, 0.25) is 0 Å². The first-order valence-electron chi connectivity index (χ1n) is 12.8. The molecule has 1 aromatic heterocycles. The van der Waals surface area contributed by atoms with Crippen LogP contribution in [0.1, 0.15) is 48.2 Å². The predicted molar refractivity (Wildman–Crippen MR) is 157 cm³/mol. The van der Waals surface area contributed by atoms with Crippen LogP contribution in [0.3, 0.4) is 0 Å². The molecule has 0 atom stereocenters. The van der Waals surface area contributed by atoms with Crippen LogP contribution in [0.15, 0.2) is 72.1 Å². The first-order chi connectivity index (χ1) is 18.5. The Morgan fingerprint density at radius 2 is 1.59 bits per heavy atom. The number of carboxylic acids is 1. The van der Waals surface area contributed by atoms with Crippen molar-refractivity contribution in [3.63, 3.8) is 0 Å². The first-order valence-corrected chi connectivity index (χ1v) is 13.7. The molecule has 0 saturated heterocycles. The molecule has 3 aromatic carbocycles. The second-order valence-corrected chi connectivity index (χ2v) is 9.69. The van der Waals surface area contributed by atoms with E-state index in [1.54, 1.807) is 35.6 Å². The number of aromatic hydroxyl groups is 1. The van der Waals surface area contributed by atoms with Gasteiger partial charge in [-0.1, -0.05) is 44.5 Å². The fourth-order valence-electron chi connectivity index (χ4n) is 4.20. The van der Waals surface area contributed by atoms with Crippen molar-refractivity contribution in [3.8, 4) is 39.2 Å². The number of hydrogen-bond donors (Lipinski definition) is 2. The third kappa shape index (κ3) is 7.79. The van der Waals surface area contributed by atoms with Gasteiger partial charge in [-0.25, -0.2) is 4.79 Å². The number of rotatable bonds is 13. The van der Waals surface area contributed by atoms with Crippen molar-refractivity contribution in [2.45, 2.75) is 39.5 Å². The normalized spacial score (nSPS) is 10.5. The van der Waals surface area contributed by atoms with E-state index in [4.69, 9.17) is 14.2 Å². The average Bonchev–Trinajstić information content (AvgIpc) is 3.45. The number of carboxylic acid groups (broad SMARTS) is 1. The number of phenols is 1. The quantitative estimate of drug-likeness (QED) is 0.133. The zero-order chi connectivity index (χ0) is 26.9. The Hall–Kier alpha value is -2.97. The van der Waals surface area contributed by atoms with E-state index in [1.165, 1.54) is 6.07 Å². The fraction of sp³-hybridized carbons (Fsp3) is 0.258. The van der Waals surface area contributed by atoms with Gasteiger partial charge in [-0.15, -0.1) is 11.3 Å². The first kappa shape index (κ1) is 30.6. The van der Waals surface area contributed by atoms with Gasteiger partial charge in [-0.05, 0) is 60.2 Å². The predicted octanol–water partition coefficient (Wildman–Crippen LogP) is 7.33. The Morgan fingerprint density at radius 3 is 2.28 bits per heavy atom. The van der Waals surface area contributed by atoms with E-state index in [0.717, 1.165) is 40.8 Å². The van der Waals surface area contributed by atoms with E-state index in [9.17, 15) is 15.0 Å². The maximum absolute atomic E-state index is 11.6. The SMILES string of the molecule is CCCc1c(OCCCOc2cc(O)c(-c3cccs3)cc2CC)cccc1Oc1ccccc1C(=O)O.[NaH]. The number of para-hydroxylation sites is 1. The van der Waals surface area contributed by atoms with Crippen molar-refractivity contribution in [1.82, 2.24) is 0 Å².